The number of ether oxygens (including phenoxy) is 4. The summed E-state index contributed by atoms with van der Waals surface area (Å²) >= 11 is 0. The van der Waals surface area contributed by atoms with Gasteiger partial charge in [0.2, 0.25) is 0 Å². The molecule has 0 aromatic heterocycles. The van der Waals surface area contributed by atoms with E-state index in [1.165, 1.54) is 13.2 Å². The maximum atomic E-state index is 12.4. The summed E-state index contributed by atoms with van der Waals surface area (Å²) in [6.07, 6.45) is -2.43. The number of rotatable bonds is 11. The lowest BCUT2D eigenvalue weighted by Gasteiger charge is -2.14. The van der Waals surface area contributed by atoms with Gasteiger partial charge in [0.15, 0.2) is 24.1 Å². The number of alkyl halides is 3. The van der Waals surface area contributed by atoms with Crippen molar-refractivity contribution in [2.75, 3.05) is 46.6 Å². The lowest BCUT2D eigenvalue weighted by atomic mass is 10.2. The molecule has 2 rings (SSSR count). The van der Waals surface area contributed by atoms with E-state index in [1.54, 1.807) is 12.1 Å². The summed E-state index contributed by atoms with van der Waals surface area (Å²) in [5, 5.41) is 6.40. The fourth-order valence-corrected chi connectivity index (χ4v) is 2.77. The van der Waals surface area contributed by atoms with E-state index in [2.05, 4.69) is 15.6 Å². The number of halogens is 4. The van der Waals surface area contributed by atoms with Crippen molar-refractivity contribution in [3.05, 3.63) is 23.8 Å². The van der Waals surface area contributed by atoms with Crippen LogP contribution < -0.4 is 20.1 Å². The van der Waals surface area contributed by atoms with Crippen LogP contribution in [-0.4, -0.2) is 64.9 Å². The van der Waals surface area contributed by atoms with Crippen LogP contribution in [0.4, 0.5) is 13.2 Å². The van der Waals surface area contributed by atoms with Crippen LogP contribution in [-0.2, 0) is 16.0 Å². The molecule has 0 amide bonds. The highest BCUT2D eigenvalue weighted by Crippen LogP contribution is 2.30. The Morgan fingerprint density at radius 1 is 1.26 bits per heavy atom. The van der Waals surface area contributed by atoms with Crippen molar-refractivity contribution in [2.45, 2.75) is 38.6 Å². The molecule has 1 aliphatic heterocycles. The molecule has 31 heavy (non-hydrogen) atoms. The van der Waals surface area contributed by atoms with E-state index in [1.807, 2.05) is 6.92 Å². The Labute approximate surface area is 198 Å². The first-order valence-corrected chi connectivity index (χ1v) is 9.99. The Bertz CT molecular complexity index is 672. The van der Waals surface area contributed by atoms with Crippen LogP contribution in [0.15, 0.2) is 23.2 Å². The van der Waals surface area contributed by atoms with E-state index >= 15 is 0 Å². The molecular formula is C20H31F3IN3O4. The second kappa shape index (κ2) is 14.6. The molecular weight excluding hydrogens is 530 g/mol. The fraction of sp³-hybridized carbons (Fsp3) is 0.650. The third-order valence-electron chi connectivity index (χ3n) is 4.24. The molecule has 1 atom stereocenters. The first-order valence-electron chi connectivity index (χ1n) is 9.99. The molecule has 1 aromatic rings. The maximum Gasteiger partial charge on any atom is 0.422 e. The summed E-state index contributed by atoms with van der Waals surface area (Å²) in [7, 11) is 1.38. The topological polar surface area (TPSA) is 73.3 Å². The van der Waals surface area contributed by atoms with Crippen LogP contribution in [0.5, 0.6) is 11.5 Å². The lowest BCUT2D eigenvalue weighted by molar-refractivity contribution is -0.153. The van der Waals surface area contributed by atoms with Gasteiger partial charge in [-0.15, -0.1) is 24.0 Å². The molecule has 1 fully saturated rings. The van der Waals surface area contributed by atoms with Crippen LogP contribution in [0, 0.1) is 0 Å². The van der Waals surface area contributed by atoms with Crippen molar-refractivity contribution in [1.82, 2.24) is 10.6 Å². The minimum Gasteiger partial charge on any atom is -0.493 e. The number of hydrogen-bond acceptors (Lipinski definition) is 5. The standard InChI is InChI=1S/C20H30F3N3O4.HI/c1-3-24-19(25-8-4-9-29-16-7-10-28-13-16)26-12-15-5-6-17(18(11-15)27-2)30-14-20(21,22)23;/h5-6,11,16H,3-4,7-10,12-14H2,1-2H3,(H2,24,25,26);1H. The predicted molar refractivity (Wildman–Crippen MR) is 123 cm³/mol. The summed E-state index contributed by atoms with van der Waals surface area (Å²) < 4.78 is 58.0. The monoisotopic (exact) mass is 561 g/mol. The predicted octanol–water partition coefficient (Wildman–Crippen LogP) is 3.51. The van der Waals surface area contributed by atoms with Crippen molar-refractivity contribution in [3.8, 4) is 11.5 Å². The smallest absolute Gasteiger partial charge is 0.422 e. The van der Waals surface area contributed by atoms with Crippen molar-refractivity contribution in [2.24, 2.45) is 4.99 Å². The van der Waals surface area contributed by atoms with Gasteiger partial charge in [-0.2, -0.15) is 13.2 Å². The summed E-state index contributed by atoms with van der Waals surface area (Å²) in [5.74, 6) is 0.927. The van der Waals surface area contributed by atoms with Gasteiger partial charge in [-0.1, -0.05) is 6.07 Å². The van der Waals surface area contributed by atoms with Crippen LogP contribution in [0.3, 0.4) is 0 Å². The molecule has 0 saturated carbocycles. The molecule has 0 radical (unpaired) electrons. The molecule has 1 unspecified atom stereocenters. The van der Waals surface area contributed by atoms with Gasteiger partial charge in [0.25, 0.3) is 0 Å². The van der Waals surface area contributed by atoms with E-state index in [0.717, 1.165) is 25.0 Å². The fourth-order valence-electron chi connectivity index (χ4n) is 2.77. The van der Waals surface area contributed by atoms with Gasteiger partial charge >= 0.3 is 6.18 Å². The van der Waals surface area contributed by atoms with Crippen LogP contribution in [0.2, 0.25) is 0 Å². The van der Waals surface area contributed by atoms with E-state index in [9.17, 15) is 13.2 Å². The quantitative estimate of drug-likeness (QED) is 0.187. The number of nitrogens with one attached hydrogen (secondary N) is 2. The van der Waals surface area contributed by atoms with E-state index < -0.39 is 12.8 Å². The highest BCUT2D eigenvalue weighted by atomic mass is 127. The second-order valence-corrected chi connectivity index (χ2v) is 6.72. The molecule has 1 heterocycles. The van der Waals surface area contributed by atoms with E-state index in [-0.39, 0.29) is 41.6 Å². The Morgan fingerprint density at radius 3 is 2.71 bits per heavy atom. The van der Waals surface area contributed by atoms with E-state index in [4.69, 9.17) is 18.9 Å². The molecule has 7 nitrogen and oxygen atoms in total. The summed E-state index contributed by atoms with van der Waals surface area (Å²) in [6.45, 7) is 4.42. The van der Waals surface area contributed by atoms with Crippen molar-refractivity contribution in [1.29, 1.82) is 0 Å². The van der Waals surface area contributed by atoms with Gasteiger partial charge in [-0.3, -0.25) is 0 Å². The average molecular weight is 561 g/mol. The Morgan fingerprint density at radius 2 is 2.06 bits per heavy atom. The largest absolute Gasteiger partial charge is 0.493 e. The molecule has 0 bridgehead atoms. The molecule has 0 aliphatic carbocycles. The van der Waals surface area contributed by atoms with Crippen LogP contribution in [0.25, 0.3) is 0 Å². The third kappa shape index (κ3) is 11.1. The molecule has 1 aromatic carbocycles. The zero-order valence-corrected chi connectivity index (χ0v) is 20.1. The molecule has 1 aliphatic rings. The number of hydrogen-bond donors (Lipinski definition) is 2. The summed E-state index contributed by atoms with van der Waals surface area (Å²) in [4.78, 5) is 4.51. The average Bonchev–Trinajstić information content (AvgIpc) is 3.23. The summed E-state index contributed by atoms with van der Waals surface area (Å²) in [6, 6.07) is 4.74. The van der Waals surface area contributed by atoms with Gasteiger partial charge < -0.3 is 29.6 Å². The zero-order chi connectivity index (χ0) is 21.8. The minimum absolute atomic E-state index is 0. The first kappa shape index (κ1) is 27.6. The summed E-state index contributed by atoms with van der Waals surface area (Å²) in [5.41, 5.74) is 0.785. The molecule has 178 valence electrons. The normalized spacial score (nSPS) is 16.5. The lowest BCUT2D eigenvalue weighted by Crippen LogP contribution is -2.38. The Hall–Kier alpha value is -1.47. The van der Waals surface area contributed by atoms with Gasteiger partial charge in [0.05, 0.1) is 26.4 Å². The Balaban J connectivity index is 0.00000480. The van der Waals surface area contributed by atoms with Gasteiger partial charge in [0, 0.05) is 26.3 Å². The van der Waals surface area contributed by atoms with Crippen molar-refractivity contribution < 1.29 is 32.1 Å². The Kier molecular flexibility index (Phi) is 13.0. The number of methoxy groups -OCH3 is 1. The SMILES string of the molecule is CCNC(=NCc1ccc(OCC(F)(F)F)c(OC)c1)NCCCOC1CCOC1.I. The van der Waals surface area contributed by atoms with Crippen molar-refractivity contribution in [3.63, 3.8) is 0 Å². The number of nitrogens with zero attached hydrogens (tertiary/aromatic N) is 1. The first-order chi connectivity index (χ1) is 14.4. The second-order valence-electron chi connectivity index (χ2n) is 6.72. The zero-order valence-electron chi connectivity index (χ0n) is 17.8. The number of guanidine groups is 1. The van der Waals surface area contributed by atoms with Crippen LogP contribution >= 0.6 is 24.0 Å². The highest BCUT2D eigenvalue weighted by Gasteiger charge is 2.29. The molecule has 0 spiro atoms. The van der Waals surface area contributed by atoms with Gasteiger partial charge in [0.1, 0.15) is 0 Å². The maximum absolute atomic E-state index is 12.4. The van der Waals surface area contributed by atoms with Crippen LogP contribution in [0.1, 0.15) is 25.3 Å². The van der Waals surface area contributed by atoms with E-state index in [0.29, 0.717) is 38.8 Å². The number of benzene rings is 1. The number of aliphatic imine (C=N–C) groups is 1. The molecule has 1 saturated heterocycles. The minimum atomic E-state index is -4.41. The highest BCUT2D eigenvalue weighted by molar-refractivity contribution is 14.0. The molecule has 11 heteroatoms. The van der Waals surface area contributed by atoms with Gasteiger partial charge in [-0.05, 0) is 37.5 Å². The molecule has 2 N–H and O–H groups in total. The third-order valence-corrected chi connectivity index (χ3v) is 4.24. The van der Waals surface area contributed by atoms with Crippen molar-refractivity contribution >= 4 is 29.9 Å². The van der Waals surface area contributed by atoms with Gasteiger partial charge in [-0.25, -0.2) is 4.99 Å².